The van der Waals surface area contributed by atoms with E-state index in [-0.39, 0.29) is 40.4 Å². The van der Waals surface area contributed by atoms with Gasteiger partial charge in [-0.15, -0.1) is 0 Å². The van der Waals surface area contributed by atoms with Gasteiger partial charge < -0.3 is 10.2 Å². The molecule has 0 amide bonds. The summed E-state index contributed by atoms with van der Waals surface area (Å²) in [5.74, 6) is -2.89. The van der Waals surface area contributed by atoms with Crippen LogP contribution >= 0.6 is 0 Å². The molecular weight excluding hydrogens is 657 g/mol. The summed E-state index contributed by atoms with van der Waals surface area (Å²) in [6.07, 6.45) is 12.2. The summed E-state index contributed by atoms with van der Waals surface area (Å²) in [5, 5.41) is 23.7. The monoisotopic (exact) mass is 731 g/mol. The van der Waals surface area contributed by atoms with Gasteiger partial charge in [0, 0.05) is 34.0 Å². The van der Waals surface area contributed by atoms with Gasteiger partial charge in [0.1, 0.15) is 0 Å². The molecule has 2 heterocycles. The zero-order valence-electron chi connectivity index (χ0n) is 35.1. The Balaban J connectivity index is 2.05. The fraction of sp³-hybridized carbons (Fsp3) is 0.702. The van der Waals surface area contributed by atoms with Crippen LogP contribution in [0.2, 0.25) is 0 Å². The van der Waals surface area contributed by atoms with Gasteiger partial charge in [0.2, 0.25) is 0 Å². The van der Waals surface area contributed by atoms with Gasteiger partial charge in [-0.1, -0.05) is 113 Å². The molecule has 0 radical (unpaired) electrons. The van der Waals surface area contributed by atoms with E-state index in [0.29, 0.717) is 25.7 Å². The Morgan fingerprint density at radius 2 is 0.943 bits per heavy atom. The van der Waals surface area contributed by atoms with Crippen molar-refractivity contribution < 1.29 is 19.8 Å². The third kappa shape index (κ3) is 8.59. The number of hydrogen-bond donors (Lipinski definition) is 2. The number of carboxylic acid groups (broad SMARTS) is 2. The van der Waals surface area contributed by atoms with Crippen LogP contribution in [0, 0.1) is 17.3 Å². The van der Waals surface area contributed by atoms with Crippen LogP contribution in [-0.2, 0) is 21.4 Å². The van der Waals surface area contributed by atoms with Gasteiger partial charge in [0.05, 0.1) is 0 Å². The van der Waals surface area contributed by atoms with E-state index in [4.69, 9.17) is 0 Å². The van der Waals surface area contributed by atoms with Gasteiger partial charge in [-0.3, -0.25) is 19.4 Å². The Hall–Kier alpha value is -2.70. The van der Waals surface area contributed by atoms with Gasteiger partial charge in [0.15, 0.2) is 5.41 Å². The van der Waals surface area contributed by atoms with Crippen LogP contribution in [0.5, 0.6) is 0 Å². The first-order valence-electron chi connectivity index (χ1n) is 20.9. The number of aliphatic carboxylic acids is 2. The van der Waals surface area contributed by atoms with Crippen molar-refractivity contribution in [2.75, 3.05) is 13.1 Å². The van der Waals surface area contributed by atoms with Crippen LogP contribution in [0.1, 0.15) is 157 Å². The summed E-state index contributed by atoms with van der Waals surface area (Å²) >= 11 is 0. The number of rotatable bonds is 18. The van der Waals surface area contributed by atoms with Crippen LogP contribution in [-0.4, -0.2) is 67.2 Å². The fourth-order valence-electron chi connectivity index (χ4n) is 12.0. The lowest BCUT2D eigenvalue weighted by Crippen LogP contribution is -2.72. The predicted octanol–water partition coefficient (Wildman–Crippen LogP) is 11.0. The smallest absolute Gasteiger partial charge is 0.322 e. The van der Waals surface area contributed by atoms with Crippen molar-refractivity contribution in [2.45, 2.75) is 180 Å². The number of unbranched alkanes of at least 4 members (excludes halogenated alkanes) is 6. The second-order valence-corrected chi connectivity index (χ2v) is 19.3. The van der Waals surface area contributed by atoms with Crippen LogP contribution in [0.4, 0.5) is 0 Å². The number of piperidine rings is 2. The molecule has 0 saturated carbocycles. The molecule has 53 heavy (non-hydrogen) atoms. The molecule has 296 valence electrons. The van der Waals surface area contributed by atoms with Gasteiger partial charge in [-0.2, -0.15) is 0 Å². The first kappa shape index (κ1) is 43.0. The van der Waals surface area contributed by atoms with Crippen molar-refractivity contribution in [1.29, 1.82) is 0 Å². The average molecular weight is 731 g/mol. The number of hydrogen-bond acceptors (Lipinski definition) is 4. The maximum atomic E-state index is 14.6. The second-order valence-electron chi connectivity index (χ2n) is 19.3. The Bertz CT molecular complexity index is 1380. The van der Waals surface area contributed by atoms with Crippen molar-refractivity contribution >= 4 is 11.9 Å². The summed E-state index contributed by atoms with van der Waals surface area (Å²) in [4.78, 5) is 34.4. The lowest BCUT2D eigenvalue weighted by Gasteiger charge is -2.66. The summed E-state index contributed by atoms with van der Waals surface area (Å²) in [5.41, 5.74) is -2.86. The summed E-state index contributed by atoms with van der Waals surface area (Å²) in [7, 11) is 0. The summed E-state index contributed by atoms with van der Waals surface area (Å²) < 4.78 is 0. The molecule has 0 unspecified atom stereocenters. The van der Waals surface area contributed by atoms with Crippen molar-refractivity contribution in [3.05, 3.63) is 71.8 Å². The first-order chi connectivity index (χ1) is 24.8. The van der Waals surface area contributed by atoms with Crippen LogP contribution in [0.15, 0.2) is 60.7 Å². The quantitative estimate of drug-likeness (QED) is 0.117. The zero-order valence-corrected chi connectivity index (χ0v) is 35.1. The number of nitrogens with zero attached hydrogens (tertiary/aromatic N) is 2. The molecule has 2 N–H and O–H groups in total. The van der Waals surface area contributed by atoms with E-state index in [1.807, 2.05) is 48.5 Å². The van der Waals surface area contributed by atoms with E-state index in [2.05, 4.69) is 91.2 Å². The lowest BCUT2D eigenvalue weighted by atomic mass is 9.42. The minimum Gasteiger partial charge on any atom is -0.480 e. The molecule has 0 aliphatic carbocycles. The molecule has 2 aliphatic heterocycles. The van der Waals surface area contributed by atoms with E-state index in [9.17, 15) is 19.8 Å². The zero-order chi connectivity index (χ0) is 39.3. The Morgan fingerprint density at radius 3 is 1.28 bits per heavy atom. The summed E-state index contributed by atoms with van der Waals surface area (Å²) in [6, 6.07) is 19.7. The molecule has 2 saturated heterocycles. The molecule has 2 aromatic rings. The fourth-order valence-corrected chi connectivity index (χ4v) is 12.0. The third-order valence-corrected chi connectivity index (χ3v) is 13.7. The first-order valence-corrected chi connectivity index (χ1v) is 20.9. The molecule has 0 atom stereocenters. The number of carboxylic acids is 2. The molecule has 0 aromatic heterocycles. The van der Waals surface area contributed by atoms with E-state index in [1.165, 1.54) is 38.5 Å². The minimum atomic E-state index is -2.13. The molecule has 2 aliphatic rings. The maximum absolute atomic E-state index is 14.6. The van der Waals surface area contributed by atoms with E-state index >= 15 is 0 Å². The van der Waals surface area contributed by atoms with E-state index in [0.717, 1.165) is 37.1 Å². The molecule has 4 rings (SSSR count). The molecule has 2 aromatic carbocycles. The van der Waals surface area contributed by atoms with Gasteiger partial charge in [-0.05, 0) is 130 Å². The Labute approximate surface area is 323 Å². The highest BCUT2D eigenvalue weighted by atomic mass is 16.4. The average Bonchev–Trinajstić information content (AvgIpc) is 3.06. The normalized spacial score (nSPS) is 21.0. The third-order valence-electron chi connectivity index (χ3n) is 13.7. The number of carbonyl (C=O) groups is 2. The minimum absolute atomic E-state index is 0.0798. The van der Waals surface area contributed by atoms with Crippen molar-refractivity contribution in [3.63, 3.8) is 0 Å². The van der Waals surface area contributed by atoms with Crippen LogP contribution < -0.4 is 0 Å². The maximum Gasteiger partial charge on any atom is 0.322 e. The Morgan fingerprint density at radius 1 is 0.585 bits per heavy atom. The highest BCUT2D eigenvalue weighted by Crippen LogP contribution is 2.64. The summed E-state index contributed by atoms with van der Waals surface area (Å²) in [6.45, 7) is 25.0. The molecule has 6 nitrogen and oxygen atoms in total. The highest BCUT2D eigenvalue weighted by molar-refractivity contribution is 6.01. The van der Waals surface area contributed by atoms with E-state index in [1.54, 1.807) is 0 Å². The molecule has 0 spiro atoms. The molecular formula is C47H74N2O4. The molecule has 6 heteroatoms. The SMILES string of the molecule is CCCCCCN1C(C)(C)CC(C(c2ccccc2)(C2CC(C)(C)N(CCCCCC)C(C)(C)C2)C(Cc2ccccc2)(C(=O)O)C(=O)O)CC1(C)C. The van der Waals surface area contributed by atoms with Crippen LogP contribution in [0.25, 0.3) is 0 Å². The van der Waals surface area contributed by atoms with Crippen molar-refractivity contribution in [2.24, 2.45) is 17.3 Å². The number of likely N-dealkylation sites (tertiary alicyclic amines) is 2. The topological polar surface area (TPSA) is 81.1 Å². The van der Waals surface area contributed by atoms with Gasteiger partial charge >= 0.3 is 11.9 Å². The van der Waals surface area contributed by atoms with E-state index < -0.39 is 22.8 Å². The standard InChI is InChI=1S/C47H74N2O4/c1-11-13-15-23-29-48-42(3,4)32-38(33-43(48,5)6)47(37-27-21-18-22-28-37,46(40(50)51,41(52)53)31-36-25-19-17-20-26-36)39-34-44(7,8)49(45(9,10)35-39)30-24-16-14-12-2/h17-22,25-28,38-39H,11-16,23-24,29-35H2,1-10H3,(H,50,51)(H,52,53). The van der Waals surface area contributed by atoms with Crippen molar-refractivity contribution in [3.8, 4) is 0 Å². The van der Waals surface area contributed by atoms with Gasteiger partial charge in [-0.25, -0.2) is 0 Å². The highest BCUT2D eigenvalue weighted by Gasteiger charge is 2.71. The largest absolute Gasteiger partial charge is 0.480 e. The predicted molar refractivity (Wildman–Crippen MR) is 219 cm³/mol. The van der Waals surface area contributed by atoms with Gasteiger partial charge in [0.25, 0.3) is 0 Å². The van der Waals surface area contributed by atoms with Crippen molar-refractivity contribution in [1.82, 2.24) is 9.80 Å². The number of benzene rings is 2. The second kappa shape index (κ2) is 17.0. The molecule has 0 bridgehead atoms. The lowest BCUT2D eigenvalue weighted by molar-refractivity contribution is -0.190. The molecule has 2 fully saturated rings. The Kier molecular flexibility index (Phi) is 13.8. The van der Waals surface area contributed by atoms with Crippen LogP contribution in [0.3, 0.4) is 0 Å².